The van der Waals surface area contributed by atoms with Crippen molar-refractivity contribution in [2.75, 3.05) is 11.5 Å². The molecule has 1 fully saturated rings. The summed E-state index contributed by atoms with van der Waals surface area (Å²) >= 11 is 1.91. The third-order valence-electron chi connectivity index (χ3n) is 3.19. The monoisotopic (exact) mass is 362 g/mol. The lowest BCUT2D eigenvalue weighted by Crippen LogP contribution is -2.52. The maximum Gasteiger partial charge on any atom is 0.324 e. The van der Waals surface area contributed by atoms with E-state index in [0.29, 0.717) is 30.8 Å². The lowest BCUT2D eigenvalue weighted by molar-refractivity contribution is -0.162. The van der Waals surface area contributed by atoms with E-state index in [1.165, 1.54) is 0 Å². The summed E-state index contributed by atoms with van der Waals surface area (Å²) in [7, 11) is 0. The van der Waals surface area contributed by atoms with Gasteiger partial charge in [0.1, 0.15) is 0 Å². The maximum absolute atomic E-state index is 12.9. The summed E-state index contributed by atoms with van der Waals surface area (Å²) in [6.07, 6.45) is 1.79. The molecule has 0 spiro atoms. The Balaban J connectivity index is 3.19. The third-order valence-corrected chi connectivity index (χ3v) is 6.12. The first-order valence-corrected chi connectivity index (χ1v) is 9.70. The van der Waals surface area contributed by atoms with E-state index in [9.17, 15) is 24.3 Å². The number of aliphatic carboxylic acids is 1. The van der Waals surface area contributed by atoms with Crippen LogP contribution in [0.5, 0.6) is 0 Å². The van der Waals surface area contributed by atoms with Gasteiger partial charge >= 0.3 is 11.9 Å². The number of thioether (sulfide) groups is 2. The van der Waals surface area contributed by atoms with Crippen molar-refractivity contribution in [3.05, 3.63) is 0 Å². The maximum atomic E-state index is 12.9. The molecule has 0 saturated carbocycles. The van der Waals surface area contributed by atoms with Crippen molar-refractivity contribution in [2.45, 2.75) is 56.1 Å². The highest BCUT2D eigenvalue weighted by molar-refractivity contribution is 8.03. The number of ketones is 2. The zero-order chi connectivity index (χ0) is 17.5. The van der Waals surface area contributed by atoms with E-state index in [1.54, 1.807) is 0 Å². The van der Waals surface area contributed by atoms with E-state index in [0.717, 1.165) is 23.5 Å². The standard InChI is InChI=1S/C15H22O6S2/c1-3-8-22-12(14(19)20)13(18)15(23-9-4-2)10(16)6-5-7-11(17)21-15/h12H,3-9H2,1-2H3,(H,19,20). The van der Waals surface area contributed by atoms with E-state index in [2.05, 4.69) is 0 Å². The van der Waals surface area contributed by atoms with E-state index in [4.69, 9.17) is 4.74 Å². The quantitative estimate of drug-likeness (QED) is 0.493. The van der Waals surface area contributed by atoms with Crippen LogP contribution in [0, 0.1) is 0 Å². The molecule has 0 aliphatic carbocycles. The minimum Gasteiger partial charge on any atom is -0.480 e. The van der Waals surface area contributed by atoms with Gasteiger partial charge in [-0.3, -0.25) is 19.2 Å². The fraction of sp³-hybridized carbons (Fsp3) is 0.733. The van der Waals surface area contributed by atoms with Crippen LogP contribution in [0.2, 0.25) is 0 Å². The molecule has 8 heteroatoms. The van der Waals surface area contributed by atoms with Crippen molar-refractivity contribution >= 4 is 47.0 Å². The largest absolute Gasteiger partial charge is 0.480 e. The molecule has 130 valence electrons. The Hall–Kier alpha value is -1.02. The Kier molecular flexibility index (Phi) is 8.11. The Bertz CT molecular complexity index is 479. The van der Waals surface area contributed by atoms with E-state index in [1.807, 2.05) is 13.8 Å². The van der Waals surface area contributed by atoms with Gasteiger partial charge in [0.2, 0.25) is 5.78 Å². The number of hydrogen-bond donors (Lipinski definition) is 1. The van der Waals surface area contributed by atoms with Crippen molar-refractivity contribution in [1.29, 1.82) is 0 Å². The summed E-state index contributed by atoms with van der Waals surface area (Å²) in [5.74, 6) is -2.37. The summed E-state index contributed by atoms with van der Waals surface area (Å²) in [5, 5.41) is 7.95. The van der Waals surface area contributed by atoms with Gasteiger partial charge < -0.3 is 9.84 Å². The van der Waals surface area contributed by atoms with Crippen LogP contribution in [0.25, 0.3) is 0 Å². The number of ether oxygens (including phenoxy) is 1. The topological polar surface area (TPSA) is 97.7 Å². The summed E-state index contributed by atoms with van der Waals surface area (Å²) in [6, 6.07) is 0. The molecule has 0 radical (unpaired) electrons. The molecule has 1 N–H and O–H groups in total. The van der Waals surface area contributed by atoms with Crippen LogP contribution in [0.3, 0.4) is 0 Å². The fourth-order valence-electron chi connectivity index (χ4n) is 2.11. The van der Waals surface area contributed by atoms with E-state index < -0.39 is 33.7 Å². The average molecular weight is 362 g/mol. The minimum atomic E-state index is -2.01. The van der Waals surface area contributed by atoms with Gasteiger partial charge in [0, 0.05) is 12.8 Å². The molecule has 1 heterocycles. The number of cyclic esters (lactones) is 1. The molecule has 0 aromatic rings. The SMILES string of the molecule is CCCSC(C(=O)O)C(=O)C1(SCCC)OC(=O)CCCC1=O. The highest BCUT2D eigenvalue weighted by atomic mass is 32.2. The van der Waals surface area contributed by atoms with Crippen molar-refractivity contribution in [1.82, 2.24) is 0 Å². The molecule has 0 amide bonds. The molecule has 6 nitrogen and oxygen atoms in total. The van der Waals surface area contributed by atoms with E-state index >= 15 is 0 Å². The molecule has 1 saturated heterocycles. The average Bonchev–Trinajstić information content (AvgIpc) is 2.64. The first-order chi connectivity index (χ1) is 10.9. The van der Waals surface area contributed by atoms with Crippen LogP contribution in [-0.4, -0.2) is 50.3 Å². The summed E-state index contributed by atoms with van der Waals surface area (Å²) in [6.45, 7) is 3.74. The third kappa shape index (κ3) is 4.97. The second-order valence-electron chi connectivity index (χ2n) is 5.17. The highest BCUT2D eigenvalue weighted by Crippen LogP contribution is 2.37. The predicted octanol–water partition coefficient (Wildman–Crippen LogP) is 2.29. The van der Waals surface area contributed by atoms with Gasteiger partial charge in [-0.2, -0.15) is 0 Å². The first-order valence-electron chi connectivity index (χ1n) is 7.66. The minimum absolute atomic E-state index is 0.0407. The van der Waals surface area contributed by atoms with Crippen LogP contribution in [0.1, 0.15) is 46.0 Å². The van der Waals surface area contributed by atoms with Crippen LogP contribution in [0.15, 0.2) is 0 Å². The molecule has 1 rings (SSSR count). The fourth-order valence-corrected chi connectivity index (χ4v) is 4.28. The molecule has 2 atom stereocenters. The smallest absolute Gasteiger partial charge is 0.324 e. The summed E-state index contributed by atoms with van der Waals surface area (Å²) in [4.78, 5) is 46.7. The lowest BCUT2D eigenvalue weighted by atomic mass is 10.0. The number of Topliss-reactive ketones (excluding diaryl/α,β-unsaturated/α-hetero) is 2. The first kappa shape index (κ1) is 20.0. The van der Waals surface area contributed by atoms with Gasteiger partial charge in [-0.25, -0.2) is 0 Å². The molecule has 0 aromatic heterocycles. The van der Waals surface area contributed by atoms with Crippen molar-refractivity contribution in [2.24, 2.45) is 0 Å². The Morgan fingerprint density at radius 2 is 1.87 bits per heavy atom. The number of rotatable bonds is 9. The molecule has 0 bridgehead atoms. The Morgan fingerprint density at radius 1 is 1.22 bits per heavy atom. The second-order valence-corrected chi connectivity index (χ2v) is 7.65. The number of carboxylic acid groups (broad SMARTS) is 1. The molecule has 23 heavy (non-hydrogen) atoms. The number of esters is 1. The number of hydrogen-bond acceptors (Lipinski definition) is 7. The van der Waals surface area contributed by atoms with Gasteiger partial charge in [0.15, 0.2) is 11.0 Å². The van der Waals surface area contributed by atoms with Crippen LogP contribution >= 0.6 is 23.5 Å². The van der Waals surface area contributed by atoms with Gasteiger partial charge in [-0.1, -0.05) is 25.6 Å². The number of carbonyl (C=O) groups excluding carboxylic acids is 3. The van der Waals surface area contributed by atoms with E-state index in [-0.39, 0.29) is 12.8 Å². The Morgan fingerprint density at radius 3 is 2.43 bits per heavy atom. The molecular weight excluding hydrogens is 340 g/mol. The number of carbonyl (C=O) groups is 4. The summed E-state index contributed by atoms with van der Waals surface area (Å²) in [5.41, 5.74) is 0. The van der Waals surface area contributed by atoms with Gasteiger partial charge in [0.25, 0.3) is 4.93 Å². The van der Waals surface area contributed by atoms with Gasteiger partial charge in [-0.05, 0) is 30.8 Å². The molecule has 2 unspecified atom stereocenters. The van der Waals surface area contributed by atoms with Crippen LogP contribution in [-0.2, 0) is 23.9 Å². The molecule has 0 aromatic carbocycles. The number of carboxylic acids is 1. The summed E-state index contributed by atoms with van der Waals surface area (Å²) < 4.78 is 5.23. The van der Waals surface area contributed by atoms with Crippen LogP contribution in [0.4, 0.5) is 0 Å². The normalized spacial score (nSPS) is 23.0. The molecule has 1 aliphatic rings. The van der Waals surface area contributed by atoms with Gasteiger partial charge in [0.05, 0.1) is 0 Å². The zero-order valence-corrected chi connectivity index (χ0v) is 15.0. The predicted molar refractivity (Wildman–Crippen MR) is 89.6 cm³/mol. The lowest BCUT2D eigenvalue weighted by Gasteiger charge is -2.30. The van der Waals surface area contributed by atoms with Gasteiger partial charge in [-0.15, -0.1) is 11.8 Å². The Labute approximate surface area is 144 Å². The molecular formula is C15H22O6S2. The zero-order valence-electron chi connectivity index (χ0n) is 13.3. The highest BCUT2D eigenvalue weighted by Gasteiger charge is 2.54. The van der Waals surface area contributed by atoms with Crippen LogP contribution < -0.4 is 0 Å². The van der Waals surface area contributed by atoms with Crippen molar-refractivity contribution < 1.29 is 29.0 Å². The van der Waals surface area contributed by atoms with Crippen molar-refractivity contribution in [3.63, 3.8) is 0 Å². The van der Waals surface area contributed by atoms with Crippen molar-refractivity contribution in [3.8, 4) is 0 Å². The second kappa shape index (κ2) is 9.32. The molecule has 1 aliphatic heterocycles.